The Balaban J connectivity index is 1.61. The molecule has 7 nitrogen and oxygen atoms in total. The molecule has 3 N–H and O–H groups in total. The summed E-state index contributed by atoms with van der Waals surface area (Å²) in [5.74, 6) is 0.134. The molecule has 8 heteroatoms. The summed E-state index contributed by atoms with van der Waals surface area (Å²) in [6, 6.07) is 6.29. The van der Waals surface area contributed by atoms with Gasteiger partial charge in [-0.2, -0.15) is 8.42 Å². The number of carbonyl (C=O) groups is 1. The highest BCUT2D eigenvalue weighted by Crippen LogP contribution is 2.24. The van der Waals surface area contributed by atoms with Crippen LogP contribution in [-0.4, -0.2) is 26.3 Å². The number of nitrogens with one attached hydrogen (secondary N) is 3. The van der Waals surface area contributed by atoms with Crippen molar-refractivity contribution < 1.29 is 13.2 Å². The Bertz CT molecular complexity index is 709. The molecule has 22 heavy (non-hydrogen) atoms. The third-order valence-corrected chi connectivity index (χ3v) is 5.20. The molecule has 118 valence electrons. The first-order valence-corrected chi connectivity index (χ1v) is 8.77. The Hall–Kier alpha value is -2.09. The van der Waals surface area contributed by atoms with Crippen LogP contribution in [0.15, 0.2) is 33.6 Å². The summed E-state index contributed by atoms with van der Waals surface area (Å²) in [5.41, 5.74) is 5.51. The molecule has 1 heterocycles. The molecule has 2 aliphatic rings. The van der Waals surface area contributed by atoms with E-state index in [0.29, 0.717) is 5.56 Å². The van der Waals surface area contributed by atoms with Crippen LogP contribution in [0.2, 0.25) is 0 Å². The first kappa shape index (κ1) is 14.8. The lowest BCUT2D eigenvalue weighted by Crippen LogP contribution is -2.50. The van der Waals surface area contributed by atoms with Gasteiger partial charge < -0.3 is 5.32 Å². The number of amides is 2. The normalized spacial score (nSPS) is 19.9. The zero-order chi connectivity index (χ0) is 15.6. The average Bonchev–Trinajstić information content (AvgIpc) is 2.78. The Morgan fingerprint density at radius 1 is 1.14 bits per heavy atom. The summed E-state index contributed by atoms with van der Waals surface area (Å²) >= 11 is 0. The van der Waals surface area contributed by atoms with Crippen molar-refractivity contribution in [3.05, 3.63) is 29.8 Å². The van der Waals surface area contributed by atoms with E-state index in [2.05, 4.69) is 20.6 Å². The zero-order valence-corrected chi connectivity index (χ0v) is 12.8. The van der Waals surface area contributed by atoms with Crippen molar-refractivity contribution in [1.82, 2.24) is 16.2 Å². The summed E-state index contributed by atoms with van der Waals surface area (Å²) in [6.45, 7) is 0. The predicted molar refractivity (Wildman–Crippen MR) is 81.8 cm³/mol. The number of benzene rings is 1. The second kappa shape index (κ2) is 5.96. The lowest BCUT2D eigenvalue weighted by Gasteiger charge is -2.23. The Labute approximate surface area is 129 Å². The zero-order valence-electron chi connectivity index (χ0n) is 12.0. The van der Waals surface area contributed by atoms with Crippen molar-refractivity contribution in [1.29, 1.82) is 0 Å². The molecule has 0 saturated heterocycles. The van der Waals surface area contributed by atoms with Crippen LogP contribution in [0.1, 0.15) is 37.7 Å². The van der Waals surface area contributed by atoms with E-state index in [4.69, 9.17) is 0 Å². The summed E-state index contributed by atoms with van der Waals surface area (Å²) in [4.78, 5) is 12.0. The molecule has 1 aromatic carbocycles. The van der Waals surface area contributed by atoms with Crippen molar-refractivity contribution in [2.24, 2.45) is 4.40 Å². The van der Waals surface area contributed by atoms with E-state index in [1.165, 1.54) is 12.5 Å². The number of amidine groups is 1. The summed E-state index contributed by atoms with van der Waals surface area (Å²) in [6.07, 6.45) is 5.41. The lowest BCUT2D eigenvalue weighted by atomic mass is 9.96. The molecule has 0 radical (unpaired) electrons. The summed E-state index contributed by atoms with van der Waals surface area (Å²) in [5, 5.41) is 2.87. The molecule has 0 aromatic heterocycles. The van der Waals surface area contributed by atoms with Crippen LogP contribution in [0.3, 0.4) is 0 Å². The van der Waals surface area contributed by atoms with E-state index in [9.17, 15) is 13.2 Å². The topological polar surface area (TPSA) is 99.7 Å². The van der Waals surface area contributed by atoms with Gasteiger partial charge in [-0.3, -0.25) is 10.9 Å². The number of hydrogen-bond donors (Lipinski definition) is 3. The molecule has 1 fully saturated rings. The van der Waals surface area contributed by atoms with E-state index in [0.717, 1.165) is 25.7 Å². The van der Waals surface area contributed by atoms with Crippen molar-refractivity contribution in [3.63, 3.8) is 0 Å². The number of carbonyl (C=O) groups excluding carboxylic acids is 1. The van der Waals surface area contributed by atoms with Crippen LogP contribution in [0.4, 0.5) is 4.79 Å². The molecule has 1 aliphatic heterocycles. The molecular formula is C14H18N4O3S. The number of sulfonamides is 1. The van der Waals surface area contributed by atoms with Crippen LogP contribution in [0, 0.1) is 0 Å². The first-order valence-electron chi connectivity index (χ1n) is 7.33. The third-order valence-electron chi connectivity index (χ3n) is 3.87. The second-order valence-corrected chi connectivity index (χ2v) is 7.04. The van der Waals surface area contributed by atoms with Gasteiger partial charge in [-0.1, -0.05) is 31.4 Å². The maximum absolute atomic E-state index is 11.9. The molecule has 0 spiro atoms. The molecule has 0 unspecified atom stereocenters. The van der Waals surface area contributed by atoms with Crippen molar-refractivity contribution in [3.8, 4) is 0 Å². The van der Waals surface area contributed by atoms with Gasteiger partial charge >= 0.3 is 6.03 Å². The fourth-order valence-corrected chi connectivity index (χ4v) is 3.96. The average molecular weight is 322 g/mol. The number of rotatable bonds is 1. The van der Waals surface area contributed by atoms with Crippen molar-refractivity contribution >= 4 is 21.9 Å². The minimum Gasteiger partial charge on any atom is -0.334 e. The molecule has 0 bridgehead atoms. The molecule has 1 saturated carbocycles. The number of hydrogen-bond acceptors (Lipinski definition) is 4. The van der Waals surface area contributed by atoms with Gasteiger partial charge in [-0.05, 0) is 25.0 Å². The SMILES string of the molecule is O=C(NNC1=NS(=O)(=O)c2ccccc21)NC1CCCCC1. The Morgan fingerprint density at radius 2 is 1.86 bits per heavy atom. The third kappa shape index (κ3) is 3.06. The summed E-state index contributed by atoms with van der Waals surface area (Å²) in [7, 11) is -3.68. The minimum absolute atomic E-state index is 0.134. The number of fused-ring (bicyclic) bond motifs is 1. The standard InChI is InChI=1S/C14H18N4O3S/c19-14(15-10-6-2-1-3-7-10)17-16-13-11-8-4-5-9-12(11)22(20,21)18-13/h4-5,8-10H,1-3,6-7H2,(H,16,18)(H2,15,17,19). The monoisotopic (exact) mass is 322 g/mol. The minimum atomic E-state index is -3.68. The number of nitrogens with zero attached hydrogens (tertiary/aromatic N) is 1. The maximum atomic E-state index is 11.9. The van der Waals surface area contributed by atoms with Crippen LogP contribution < -0.4 is 16.2 Å². The molecule has 3 rings (SSSR count). The van der Waals surface area contributed by atoms with Gasteiger partial charge in [0.1, 0.15) is 4.90 Å². The number of urea groups is 1. The van der Waals surface area contributed by atoms with Crippen molar-refractivity contribution in [2.45, 2.75) is 43.0 Å². The van der Waals surface area contributed by atoms with E-state index in [-0.39, 0.29) is 22.8 Å². The van der Waals surface area contributed by atoms with E-state index in [1.54, 1.807) is 18.2 Å². The predicted octanol–water partition coefficient (Wildman–Crippen LogP) is 1.27. The van der Waals surface area contributed by atoms with Crippen LogP contribution in [-0.2, 0) is 10.0 Å². The van der Waals surface area contributed by atoms with Gasteiger partial charge in [-0.25, -0.2) is 4.79 Å². The van der Waals surface area contributed by atoms with E-state index < -0.39 is 10.0 Å². The smallest absolute Gasteiger partial charge is 0.333 e. The largest absolute Gasteiger partial charge is 0.334 e. The molecule has 1 aromatic rings. The first-order chi connectivity index (χ1) is 10.6. The van der Waals surface area contributed by atoms with Gasteiger partial charge in [0.2, 0.25) is 0 Å². The number of hydrazine groups is 1. The fraction of sp³-hybridized carbons (Fsp3) is 0.429. The Morgan fingerprint density at radius 3 is 2.64 bits per heavy atom. The van der Waals surface area contributed by atoms with Gasteiger partial charge in [0.05, 0.1) is 0 Å². The summed E-state index contributed by atoms with van der Waals surface area (Å²) < 4.78 is 27.4. The van der Waals surface area contributed by atoms with Crippen LogP contribution in [0.5, 0.6) is 0 Å². The highest BCUT2D eigenvalue weighted by Gasteiger charge is 2.28. The maximum Gasteiger partial charge on any atom is 0.333 e. The Kier molecular flexibility index (Phi) is 4.02. The second-order valence-electron chi connectivity index (χ2n) is 5.47. The molecule has 0 atom stereocenters. The van der Waals surface area contributed by atoms with E-state index in [1.807, 2.05) is 0 Å². The van der Waals surface area contributed by atoms with Gasteiger partial charge in [-0.15, -0.1) is 4.40 Å². The molecular weight excluding hydrogens is 304 g/mol. The van der Waals surface area contributed by atoms with Gasteiger partial charge in [0, 0.05) is 11.6 Å². The van der Waals surface area contributed by atoms with Crippen molar-refractivity contribution in [2.75, 3.05) is 0 Å². The molecule has 1 aliphatic carbocycles. The van der Waals surface area contributed by atoms with Crippen LogP contribution in [0.25, 0.3) is 0 Å². The molecule has 2 amide bonds. The highest BCUT2D eigenvalue weighted by atomic mass is 32.2. The van der Waals surface area contributed by atoms with Gasteiger partial charge in [0.15, 0.2) is 5.84 Å². The quantitative estimate of drug-likeness (QED) is 0.678. The highest BCUT2D eigenvalue weighted by molar-refractivity contribution is 7.90. The van der Waals surface area contributed by atoms with E-state index >= 15 is 0 Å². The fourth-order valence-electron chi connectivity index (χ4n) is 2.78. The van der Waals surface area contributed by atoms with Crippen LogP contribution >= 0.6 is 0 Å². The van der Waals surface area contributed by atoms with Gasteiger partial charge in [0.25, 0.3) is 10.0 Å². The lowest BCUT2D eigenvalue weighted by molar-refractivity contribution is 0.231.